The molecular weight excluding hydrogens is 266 g/mol. The van der Waals surface area contributed by atoms with Crippen molar-refractivity contribution in [3.8, 4) is 0 Å². The van der Waals surface area contributed by atoms with Crippen molar-refractivity contribution in [1.82, 2.24) is 4.90 Å². The quantitative estimate of drug-likeness (QED) is 0.906. The molecule has 1 aliphatic heterocycles. The fraction of sp³-hybridized carbons (Fsp3) is 0.529. The van der Waals surface area contributed by atoms with Crippen LogP contribution < -0.4 is 0 Å². The number of carboxylic acid groups (broad SMARTS) is 1. The average Bonchev–Trinajstić information content (AvgIpc) is 3.11. The Morgan fingerprint density at radius 2 is 1.81 bits per heavy atom. The minimum atomic E-state index is -0.839. The summed E-state index contributed by atoms with van der Waals surface area (Å²) in [7, 11) is 0. The van der Waals surface area contributed by atoms with Gasteiger partial charge in [0.2, 0.25) is 5.91 Å². The first kappa shape index (κ1) is 12.9. The van der Waals surface area contributed by atoms with Crippen molar-refractivity contribution in [3.63, 3.8) is 0 Å². The van der Waals surface area contributed by atoms with Crippen molar-refractivity contribution >= 4 is 11.9 Å². The zero-order chi connectivity index (χ0) is 14.6. The second kappa shape index (κ2) is 4.58. The molecule has 3 aliphatic rings. The summed E-state index contributed by atoms with van der Waals surface area (Å²) in [6.45, 7) is 0.877. The molecule has 3 unspecified atom stereocenters. The first-order chi connectivity index (χ1) is 10.1. The van der Waals surface area contributed by atoms with Gasteiger partial charge in [-0.15, -0.1) is 0 Å². The van der Waals surface area contributed by atoms with Crippen LogP contribution in [0.2, 0.25) is 0 Å². The van der Waals surface area contributed by atoms with Gasteiger partial charge < -0.3 is 10.0 Å². The minimum Gasteiger partial charge on any atom is -0.481 e. The normalized spacial score (nSPS) is 33.2. The molecule has 3 atom stereocenters. The number of aliphatic carboxylic acids is 1. The van der Waals surface area contributed by atoms with Gasteiger partial charge in [0.1, 0.15) is 0 Å². The van der Waals surface area contributed by atoms with Crippen molar-refractivity contribution in [3.05, 3.63) is 35.4 Å². The highest BCUT2D eigenvalue weighted by atomic mass is 16.4. The zero-order valence-corrected chi connectivity index (χ0v) is 11.9. The van der Waals surface area contributed by atoms with E-state index in [-0.39, 0.29) is 11.8 Å². The number of carbonyl (C=O) groups excluding carboxylic acids is 1. The van der Waals surface area contributed by atoms with Crippen LogP contribution in [0.15, 0.2) is 24.3 Å². The lowest BCUT2D eigenvalue weighted by atomic mass is 9.88. The summed E-state index contributed by atoms with van der Waals surface area (Å²) in [6.07, 6.45) is 3.32. The molecule has 110 valence electrons. The molecule has 1 aromatic carbocycles. The van der Waals surface area contributed by atoms with Gasteiger partial charge in [-0.3, -0.25) is 9.59 Å². The van der Waals surface area contributed by atoms with Crippen molar-refractivity contribution in [1.29, 1.82) is 0 Å². The third-order valence-corrected chi connectivity index (χ3v) is 5.40. The van der Waals surface area contributed by atoms with E-state index < -0.39 is 11.9 Å². The number of hydrogen-bond acceptors (Lipinski definition) is 2. The van der Waals surface area contributed by atoms with Gasteiger partial charge in [0.15, 0.2) is 0 Å². The largest absolute Gasteiger partial charge is 0.481 e. The number of rotatable bonds is 2. The molecule has 21 heavy (non-hydrogen) atoms. The van der Waals surface area contributed by atoms with Gasteiger partial charge in [-0.25, -0.2) is 0 Å². The summed E-state index contributed by atoms with van der Waals surface area (Å²) >= 11 is 0. The fourth-order valence-corrected chi connectivity index (χ4v) is 4.16. The van der Waals surface area contributed by atoms with Crippen LogP contribution in [-0.2, 0) is 16.1 Å². The number of fused-ring (bicyclic) bond motifs is 2. The Labute approximate surface area is 123 Å². The van der Waals surface area contributed by atoms with Gasteiger partial charge in [0.05, 0.1) is 5.92 Å². The summed E-state index contributed by atoms with van der Waals surface area (Å²) < 4.78 is 0. The number of hydrogen-bond donors (Lipinski definition) is 1. The van der Waals surface area contributed by atoms with Gasteiger partial charge >= 0.3 is 5.97 Å². The van der Waals surface area contributed by atoms with E-state index in [2.05, 4.69) is 0 Å². The topological polar surface area (TPSA) is 57.6 Å². The highest BCUT2D eigenvalue weighted by molar-refractivity contribution is 5.83. The molecule has 0 bridgehead atoms. The molecule has 0 aromatic heterocycles. The zero-order valence-electron chi connectivity index (χ0n) is 11.9. The number of nitrogens with zero attached hydrogens (tertiary/aromatic N) is 1. The molecule has 4 nitrogen and oxygen atoms in total. The molecule has 2 saturated carbocycles. The maximum atomic E-state index is 12.7. The third kappa shape index (κ3) is 2.13. The Hall–Kier alpha value is -1.84. The van der Waals surface area contributed by atoms with Crippen molar-refractivity contribution in [2.24, 2.45) is 17.8 Å². The second-order valence-corrected chi connectivity index (χ2v) is 6.73. The van der Waals surface area contributed by atoms with Crippen LogP contribution in [0.1, 0.15) is 36.3 Å². The first-order valence-corrected chi connectivity index (χ1v) is 7.73. The van der Waals surface area contributed by atoms with Crippen molar-refractivity contribution in [2.75, 3.05) is 6.54 Å². The number of carboxylic acids is 1. The van der Waals surface area contributed by atoms with Crippen molar-refractivity contribution in [2.45, 2.75) is 31.7 Å². The number of benzene rings is 1. The molecule has 2 fully saturated rings. The summed E-state index contributed by atoms with van der Waals surface area (Å²) in [5.41, 5.74) is 1.84. The lowest BCUT2D eigenvalue weighted by Crippen LogP contribution is -2.43. The summed E-state index contributed by atoms with van der Waals surface area (Å²) in [5, 5.41) is 9.46. The Morgan fingerprint density at radius 3 is 2.52 bits per heavy atom. The molecule has 0 radical (unpaired) electrons. The van der Waals surface area contributed by atoms with E-state index in [0.717, 1.165) is 35.8 Å². The molecule has 1 amide bonds. The Morgan fingerprint density at radius 1 is 1.10 bits per heavy atom. The van der Waals surface area contributed by atoms with E-state index in [9.17, 15) is 14.7 Å². The molecular formula is C17H19NO3. The van der Waals surface area contributed by atoms with Crippen LogP contribution in [-0.4, -0.2) is 28.4 Å². The smallest absolute Gasteiger partial charge is 0.312 e. The average molecular weight is 285 g/mol. The van der Waals surface area contributed by atoms with Crippen LogP contribution >= 0.6 is 0 Å². The molecule has 0 spiro atoms. The van der Waals surface area contributed by atoms with Crippen LogP contribution in [0.4, 0.5) is 0 Å². The highest BCUT2D eigenvalue weighted by Crippen LogP contribution is 2.54. The first-order valence-electron chi connectivity index (χ1n) is 7.73. The maximum absolute atomic E-state index is 12.7. The maximum Gasteiger partial charge on any atom is 0.312 e. The monoisotopic (exact) mass is 285 g/mol. The van der Waals surface area contributed by atoms with Crippen LogP contribution in [0.3, 0.4) is 0 Å². The van der Waals surface area contributed by atoms with E-state index in [4.69, 9.17) is 0 Å². The van der Waals surface area contributed by atoms with E-state index in [1.165, 1.54) is 6.42 Å². The molecule has 1 heterocycles. The van der Waals surface area contributed by atoms with E-state index in [1.807, 2.05) is 24.3 Å². The minimum absolute atomic E-state index is 0.133. The molecule has 1 aromatic rings. The molecule has 0 saturated heterocycles. The van der Waals surface area contributed by atoms with Crippen LogP contribution in [0.25, 0.3) is 0 Å². The predicted molar refractivity (Wildman–Crippen MR) is 76.6 cm³/mol. The predicted octanol–water partition coefficient (Wildman–Crippen LogP) is 2.24. The highest BCUT2D eigenvalue weighted by Gasteiger charge is 2.49. The lowest BCUT2D eigenvalue weighted by Gasteiger charge is -2.34. The Bertz CT molecular complexity index is 602. The summed E-state index contributed by atoms with van der Waals surface area (Å²) in [5.74, 6) is 0.415. The van der Waals surface area contributed by atoms with Gasteiger partial charge in [-0.05, 0) is 42.2 Å². The Kier molecular flexibility index (Phi) is 2.81. The second-order valence-electron chi connectivity index (χ2n) is 6.73. The molecule has 4 heteroatoms. The van der Waals surface area contributed by atoms with E-state index >= 15 is 0 Å². The lowest BCUT2D eigenvalue weighted by molar-refractivity contribution is -0.142. The van der Waals surface area contributed by atoms with E-state index in [0.29, 0.717) is 13.1 Å². The van der Waals surface area contributed by atoms with Gasteiger partial charge in [0.25, 0.3) is 0 Å². The summed E-state index contributed by atoms with van der Waals surface area (Å²) in [4.78, 5) is 26.0. The molecule has 1 N–H and O–H groups in total. The van der Waals surface area contributed by atoms with Crippen molar-refractivity contribution < 1.29 is 14.7 Å². The number of carbonyl (C=O) groups is 2. The van der Waals surface area contributed by atoms with Gasteiger partial charge in [-0.1, -0.05) is 24.3 Å². The Balaban J connectivity index is 1.57. The molecule has 4 rings (SSSR count). The summed E-state index contributed by atoms with van der Waals surface area (Å²) in [6, 6.07) is 7.60. The van der Waals surface area contributed by atoms with Crippen LogP contribution in [0, 0.1) is 17.8 Å². The van der Waals surface area contributed by atoms with Crippen LogP contribution in [0.5, 0.6) is 0 Å². The SMILES string of the molecule is O=C(O)C1CN(C(=O)C2CC3CC3C2)Cc2ccccc21. The standard InChI is InChI=1S/C17H19NO3/c19-16(13-6-11-5-12(11)7-13)18-8-10-3-1-2-4-14(10)15(9-18)17(20)21/h1-4,11-13,15H,5-9H2,(H,20,21). The van der Waals surface area contributed by atoms with Gasteiger partial charge in [-0.2, -0.15) is 0 Å². The van der Waals surface area contributed by atoms with Gasteiger partial charge in [0, 0.05) is 19.0 Å². The number of amides is 1. The fourth-order valence-electron chi connectivity index (χ4n) is 4.16. The molecule has 2 aliphatic carbocycles. The van der Waals surface area contributed by atoms with E-state index in [1.54, 1.807) is 4.90 Å². The third-order valence-electron chi connectivity index (χ3n) is 5.40.